The van der Waals surface area contributed by atoms with Crippen LogP contribution in [0.25, 0.3) is 11.1 Å². The molecule has 7 heteroatoms. The highest BCUT2D eigenvalue weighted by Gasteiger charge is 2.35. The Bertz CT molecular complexity index is 944. The lowest BCUT2D eigenvalue weighted by Crippen LogP contribution is -2.44. The summed E-state index contributed by atoms with van der Waals surface area (Å²) >= 11 is 0. The standard InChI is InChI=1S/C24H26N2O5/c27-22(28)12-13-25-23(29)19-10-5-11-21(19)26-24(30)31-14-20-17-8-3-1-6-15(17)16-7-2-4-9-18(16)20/h1-4,6-9,19-21H,5,10-14H2,(H,25,29)(H,26,30)(H,27,28). The number of nitrogens with one attached hydrogen (secondary N) is 2. The molecule has 0 aliphatic heterocycles. The van der Waals surface area contributed by atoms with Gasteiger partial charge >= 0.3 is 12.1 Å². The Hall–Kier alpha value is -3.35. The predicted molar refractivity (Wildman–Crippen MR) is 115 cm³/mol. The Kier molecular flexibility index (Phi) is 6.21. The zero-order valence-corrected chi connectivity index (χ0v) is 17.2. The number of rotatable bonds is 7. The van der Waals surface area contributed by atoms with Crippen LogP contribution >= 0.6 is 0 Å². The van der Waals surface area contributed by atoms with Gasteiger partial charge in [0.15, 0.2) is 0 Å². The number of ether oxygens (including phenoxy) is 1. The van der Waals surface area contributed by atoms with Crippen LogP contribution in [0.3, 0.4) is 0 Å². The van der Waals surface area contributed by atoms with Crippen molar-refractivity contribution in [3.05, 3.63) is 59.7 Å². The molecule has 0 spiro atoms. The minimum absolute atomic E-state index is 0.0168. The maximum absolute atomic E-state index is 12.5. The molecule has 2 amide bonds. The van der Waals surface area contributed by atoms with Crippen LogP contribution in [-0.4, -0.2) is 42.3 Å². The SMILES string of the molecule is O=C(O)CCNC(=O)C1CCCC1NC(=O)OCC1c2ccccc2-c2ccccc21. The summed E-state index contributed by atoms with van der Waals surface area (Å²) in [5.74, 6) is -1.56. The number of amides is 2. The van der Waals surface area contributed by atoms with E-state index in [9.17, 15) is 14.4 Å². The van der Waals surface area contributed by atoms with Gasteiger partial charge in [0.05, 0.1) is 12.3 Å². The average molecular weight is 422 g/mol. The number of carbonyl (C=O) groups is 3. The zero-order chi connectivity index (χ0) is 21.8. The number of carboxylic acid groups (broad SMARTS) is 1. The molecule has 3 N–H and O–H groups in total. The van der Waals surface area contributed by atoms with Gasteiger partial charge in [0.2, 0.25) is 5.91 Å². The van der Waals surface area contributed by atoms with Crippen LogP contribution in [0, 0.1) is 5.92 Å². The van der Waals surface area contributed by atoms with Gasteiger partial charge in [-0.2, -0.15) is 0 Å². The molecule has 2 aromatic rings. The van der Waals surface area contributed by atoms with Crippen LogP contribution in [-0.2, 0) is 14.3 Å². The van der Waals surface area contributed by atoms with Gasteiger partial charge in [0.1, 0.15) is 6.61 Å². The highest BCUT2D eigenvalue weighted by atomic mass is 16.5. The molecule has 4 rings (SSSR count). The lowest BCUT2D eigenvalue weighted by atomic mass is 9.98. The lowest BCUT2D eigenvalue weighted by Gasteiger charge is -2.21. The molecule has 1 saturated carbocycles. The third kappa shape index (κ3) is 4.55. The summed E-state index contributed by atoms with van der Waals surface area (Å²) in [5.41, 5.74) is 4.63. The molecule has 0 aromatic heterocycles. The van der Waals surface area contributed by atoms with Crippen LogP contribution in [0.4, 0.5) is 4.79 Å². The molecule has 0 radical (unpaired) electrons. The third-order valence-corrected chi connectivity index (χ3v) is 6.14. The van der Waals surface area contributed by atoms with Gasteiger partial charge in [-0.15, -0.1) is 0 Å². The van der Waals surface area contributed by atoms with E-state index in [1.807, 2.05) is 24.3 Å². The van der Waals surface area contributed by atoms with E-state index in [1.165, 1.54) is 11.1 Å². The maximum Gasteiger partial charge on any atom is 0.407 e. The summed E-state index contributed by atoms with van der Waals surface area (Å²) in [6.07, 6.45) is 1.53. The number of carbonyl (C=O) groups excluding carboxylic acids is 2. The monoisotopic (exact) mass is 422 g/mol. The van der Waals surface area contributed by atoms with Gasteiger partial charge in [0, 0.05) is 18.5 Å². The van der Waals surface area contributed by atoms with E-state index in [-0.39, 0.29) is 43.4 Å². The van der Waals surface area contributed by atoms with Gasteiger partial charge in [-0.05, 0) is 35.1 Å². The Morgan fingerprint density at radius 2 is 1.61 bits per heavy atom. The summed E-state index contributed by atoms with van der Waals surface area (Å²) < 4.78 is 5.58. The molecule has 31 heavy (non-hydrogen) atoms. The van der Waals surface area contributed by atoms with E-state index in [4.69, 9.17) is 9.84 Å². The second kappa shape index (κ2) is 9.20. The summed E-state index contributed by atoms with van der Waals surface area (Å²) in [4.78, 5) is 35.5. The average Bonchev–Trinajstić information content (AvgIpc) is 3.34. The summed E-state index contributed by atoms with van der Waals surface area (Å²) in [5, 5.41) is 14.2. The molecule has 2 atom stereocenters. The van der Waals surface area contributed by atoms with Crippen LogP contribution in [0.2, 0.25) is 0 Å². The van der Waals surface area contributed by atoms with Gasteiger partial charge in [0.25, 0.3) is 0 Å². The Balaban J connectivity index is 1.34. The first-order valence-electron chi connectivity index (χ1n) is 10.7. The number of carboxylic acids is 1. The molecule has 1 fully saturated rings. The first-order valence-corrected chi connectivity index (χ1v) is 10.7. The molecule has 2 unspecified atom stereocenters. The highest BCUT2D eigenvalue weighted by Crippen LogP contribution is 2.44. The van der Waals surface area contributed by atoms with Crippen molar-refractivity contribution in [3.63, 3.8) is 0 Å². The van der Waals surface area contributed by atoms with Crippen LogP contribution in [0.5, 0.6) is 0 Å². The summed E-state index contributed by atoms with van der Waals surface area (Å²) in [6, 6.07) is 16.0. The molecular weight excluding hydrogens is 396 g/mol. The van der Waals surface area contributed by atoms with Crippen LogP contribution in [0.15, 0.2) is 48.5 Å². The minimum Gasteiger partial charge on any atom is -0.481 e. The first-order chi connectivity index (χ1) is 15.0. The van der Waals surface area contributed by atoms with E-state index in [0.29, 0.717) is 12.8 Å². The zero-order valence-electron chi connectivity index (χ0n) is 17.2. The predicted octanol–water partition coefficient (Wildman–Crippen LogP) is 3.28. The van der Waals surface area contributed by atoms with E-state index in [1.54, 1.807) is 0 Å². The normalized spacial score (nSPS) is 19.4. The fourth-order valence-corrected chi connectivity index (χ4v) is 4.66. The van der Waals surface area contributed by atoms with Crippen molar-refractivity contribution in [2.75, 3.05) is 13.2 Å². The van der Waals surface area contributed by atoms with Crippen molar-refractivity contribution in [3.8, 4) is 11.1 Å². The number of hydrogen-bond donors (Lipinski definition) is 3. The molecule has 0 bridgehead atoms. The van der Waals surface area contributed by atoms with E-state index in [0.717, 1.165) is 17.5 Å². The molecule has 2 aliphatic carbocycles. The third-order valence-electron chi connectivity index (χ3n) is 6.14. The highest BCUT2D eigenvalue weighted by molar-refractivity contribution is 5.81. The number of aliphatic carboxylic acids is 1. The Morgan fingerprint density at radius 3 is 2.26 bits per heavy atom. The van der Waals surface area contributed by atoms with Crippen LogP contribution in [0.1, 0.15) is 42.7 Å². The van der Waals surface area contributed by atoms with Gasteiger partial charge in [-0.3, -0.25) is 9.59 Å². The minimum atomic E-state index is -0.958. The Labute approximate surface area is 180 Å². The smallest absolute Gasteiger partial charge is 0.407 e. The van der Waals surface area contributed by atoms with E-state index >= 15 is 0 Å². The maximum atomic E-state index is 12.5. The number of benzene rings is 2. The number of alkyl carbamates (subject to hydrolysis) is 1. The van der Waals surface area contributed by atoms with Gasteiger partial charge in [-0.25, -0.2) is 4.79 Å². The fraction of sp³-hybridized carbons (Fsp3) is 0.375. The molecule has 0 heterocycles. The molecule has 162 valence electrons. The quantitative estimate of drug-likeness (QED) is 0.635. The topological polar surface area (TPSA) is 105 Å². The molecular formula is C24H26N2O5. The molecule has 0 saturated heterocycles. The van der Waals surface area contributed by atoms with Crippen molar-refractivity contribution >= 4 is 18.0 Å². The van der Waals surface area contributed by atoms with E-state index in [2.05, 4.69) is 34.9 Å². The van der Waals surface area contributed by atoms with Gasteiger partial charge in [-0.1, -0.05) is 55.0 Å². The largest absolute Gasteiger partial charge is 0.481 e. The molecule has 2 aromatic carbocycles. The van der Waals surface area contributed by atoms with Crippen molar-refractivity contribution in [2.45, 2.75) is 37.6 Å². The Morgan fingerprint density at radius 1 is 0.968 bits per heavy atom. The van der Waals surface area contributed by atoms with Crippen molar-refractivity contribution in [1.82, 2.24) is 10.6 Å². The number of fused-ring (bicyclic) bond motifs is 3. The van der Waals surface area contributed by atoms with Crippen molar-refractivity contribution in [2.24, 2.45) is 5.92 Å². The lowest BCUT2D eigenvalue weighted by molar-refractivity contribution is -0.137. The number of hydrogen-bond acceptors (Lipinski definition) is 4. The molecule has 7 nitrogen and oxygen atoms in total. The second-order valence-corrected chi connectivity index (χ2v) is 8.05. The van der Waals surface area contributed by atoms with Crippen LogP contribution < -0.4 is 10.6 Å². The van der Waals surface area contributed by atoms with Crippen molar-refractivity contribution in [1.29, 1.82) is 0 Å². The van der Waals surface area contributed by atoms with Gasteiger partial charge < -0.3 is 20.5 Å². The summed E-state index contributed by atoms with van der Waals surface area (Å²) in [7, 11) is 0. The second-order valence-electron chi connectivity index (χ2n) is 8.05. The molecule has 2 aliphatic rings. The van der Waals surface area contributed by atoms with E-state index < -0.39 is 12.1 Å². The summed E-state index contributed by atoms with van der Waals surface area (Å²) in [6.45, 7) is 0.310. The van der Waals surface area contributed by atoms with Crippen molar-refractivity contribution < 1.29 is 24.2 Å². The fourth-order valence-electron chi connectivity index (χ4n) is 4.66. The first kappa shape index (κ1) is 20.9.